The maximum atomic E-state index is 12.3. The number of aryl methyl sites for hydroxylation is 2. The van der Waals surface area contributed by atoms with Gasteiger partial charge in [0.1, 0.15) is 0 Å². The number of benzene rings is 1. The highest BCUT2D eigenvalue weighted by Gasteiger charge is 2.34. The van der Waals surface area contributed by atoms with Gasteiger partial charge in [0.2, 0.25) is 0 Å². The van der Waals surface area contributed by atoms with Crippen LogP contribution in [0.15, 0.2) is 18.2 Å². The standard InChI is InChI=1S/C16H22N2O/c1-10-3-4-12(7-11(10)2)16(19)18-15-8-13-5-6-14(9-15)17-13/h3-4,7,13-15,17H,5-6,8-9H2,1-2H3,(H,18,19). The van der Waals surface area contributed by atoms with Crippen molar-refractivity contribution >= 4 is 5.91 Å². The molecule has 2 aliphatic heterocycles. The molecule has 3 nitrogen and oxygen atoms in total. The summed E-state index contributed by atoms with van der Waals surface area (Å²) in [5, 5.41) is 6.80. The topological polar surface area (TPSA) is 41.1 Å². The predicted molar refractivity (Wildman–Crippen MR) is 76.3 cm³/mol. The van der Waals surface area contributed by atoms with Crippen LogP contribution >= 0.6 is 0 Å². The summed E-state index contributed by atoms with van der Waals surface area (Å²) in [6.45, 7) is 4.12. The molecule has 3 rings (SSSR count). The number of amides is 1. The third kappa shape index (κ3) is 2.66. The molecule has 0 radical (unpaired) electrons. The van der Waals surface area contributed by atoms with Crippen LogP contribution in [0.5, 0.6) is 0 Å². The molecule has 1 aromatic rings. The first-order valence-corrected chi connectivity index (χ1v) is 7.26. The van der Waals surface area contributed by atoms with Gasteiger partial charge in [0, 0.05) is 23.7 Å². The second-order valence-corrected chi connectivity index (χ2v) is 6.08. The predicted octanol–water partition coefficient (Wildman–Crippen LogP) is 2.32. The van der Waals surface area contributed by atoms with Crippen LogP contribution in [0.4, 0.5) is 0 Å². The molecule has 19 heavy (non-hydrogen) atoms. The fourth-order valence-electron chi connectivity index (χ4n) is 3.33. The fourth-order valence-corrected chi connectivity index (χ4v) is 3.33. The Kier molecular flexibility index (Phi) is 3.31. The number of rotatable bonds is 2. The molecule has 2 fully saturated rings. The van der Waals surface area contributed by atoms with Gasteiger partial charge in [0.25, 0.3) is 5.91 Å². The zero-order valence-electron chi connectivity index (χ0n) is 11.7. The van der Waals surface area contributed by atoms with Gasteiger partial charge in [-0.2, -0.15) is 0 Å². The molecule has 2 heterocycles. The minimum absolute atomic E-state index is 0.0781. The molecule has 102 valence electrons. The zero-order valence-corrected chi connectivity index (χ0v) is 11.7. The summed E-state index contributed by atoms with van der Waals surface area (Å²) in [5.41, 5.74) is 3.20. The number of fused-ring (bicyclic) bond motifs is 2. The van der Waals surface area contributed by atoms with E-state index in [1.54, 1.807) is 0 Å². The molecule has 2 saturated heterocycles. The molecule has 1 amide bonds. The van der Waals surface area contributed by atoms with Crippen molar-refractivity contribution in [2.75, 3.05) is 0 Å². The highest BCUT2D eigenvalue weighted by Crippen LogP contribution is 2.27. The van der Waals surface area contributed by atoms with Crippen LogP contribution in [0, 0.1) is 13.8 Å². The van der Waals surface area contributed by atoms with Gasteiger partial charge in [0.05, 0.1) is 0 Å². The van der Waals surface area contributed by atoms with Crippen molar-refractivity contribution in [1.29, 1.82) is 0 Å². The Morgan fingerprint density at radius 1 is 1.16 bits per heavy atom. The van der Waals surface area contributed by atoms with Crippen molar-refractivity contribution in [2.24, 2.45) is 0 Å². The van der Waals surface area contributed by atoms with Crippen molar-refractivity contribution in [1.82, 2.24) is 10.6 Å². The third-order valence-corrected chi connectivity index (χ3v) is 4.58. The summed E-state index contributed by atoms with van der Waals surface area (Å²) in [4.78, 5) is 12.3. The number of hydrogen-bond acceptors (Lipinski definition) is 2. The molecule has 2 unspecified atom stereocenters. The Labute approximate surface area is 114 Å². The Hall–Kier alpha value is -1.35. The maximum Gasteiger partial charge on any atom is 0.251 e. The first-order valence-electron chi connectivity index (χ1n) is 7.26. The van der Waals surface area contributed by atoms with Crippen LogP contribution in [0.25, 0.3) is 0 Å². The van der Waals surface area contributed by atoms with E-state index in [0.717, 1.165) is 18.4 Å². The Morgan fingerprint density at radius 3 is 2.47 bits per heavy atom. The lowest BCUT2D eigenvalue weighted by Crippen LogP contribution is -2.48. The SMILES string of the molecule is Cc1ccc(C(=O)NC2CC3CCC(C2)N3)cc1C. The zero-order chi connectivity index (χ0) is 13.4. The Bertz CT molecular complexity index is 486. The fraction of sp³-hybridized carbons (Fsp3) is 0.562. The largest absolute Gasteiger partial charge is 0.349 e. The van der Waals surface area contributed by atoms with Crippen LogP contribution in [0.1, 0.15) is 47.2 Å². The molecule has 3 heteroatoms. The Balaban J connectivity index is 1.66. The molecule has 2 bridgehead atoms. The monoisotopic (exact) mass is 258 g/mol. The van der Waals surface area contributed by atoms with E-state index in [1.807, 2.05) is 18.2 Å². The van der Waals surface area contributed by atoms with Gasteiger partial charge in [-0.05, 0) is 62.8 Å². The lowest BCUT2D eigenvalue weighted by molar-refractivity contribution is 0.0924. The number of nitrogens with one attached hydrogen (secondary N) is 2. The van der Waals surface area contributed by atoms with Gasteiger partial charge >= 0.3 is 0 Å². The highest BCUT2D eigenvalue weighted by atomic mass is 16.1. The first kappa shape index (κ1) is 12.7. The molecular weight excluding hydrogens is 236 g/mol. The lowest BCUT2D eigenvalue weighted by Gasteiger charge is -2.29. The maximum absolute atomic E-state index is 12.3. The van der Waals surface area contributed by atoms with Crippen LogP contribution in [0.2, 0.25) is 0 Å². The average Bonchev–Trinajstić information content (AvgIpc) is 2.72. The van der Waals surface area contributed by atoms with Crippen molar-refractivity contribution < 1.29 is 4.79 Å². The van der Waals surface area contributed by atoms with Crippen molar-refractivity contribution in [3.63, 3.8) is 0 Å². The second-order valence-electron chi connectivity index (χ2n) is 6.08. The summed E-state index contributed by atoms with van der Waals surface area (Å²) in [7, 11) is 0. The van der Waals surface area contributed by atoms with Crippen LogP contribution in [-0.2, 0) is 0 Å². The molecule has 2 atom stereocenters. The van der Waals surface area contributed by atoms with E-state index < -0.39 is 0 Å². The van der Waals surface area contributed by atoms with Gasteiger partial charge in [-0.15, -0.1) is 0 Å². The van der Waals surface area contributed by atoms with E-state index in [-0.39, 0.29) is 5.91 Å². The normalized spacial score (nSPS) is 29.3. The van der Waals surface area contributed by atoms with Gasteiger partial charge in [-0.25, -0.2) is 0 Å². The number of carbonyl (C=O) groups is 1. The van der Waals surface area contributed by atoms with Crippen molar-refractivity contribution in [3.8, 4) is 0 Å². The third-order valence-electron chi connectivity index (χ3n) is 4.58. The minimum atomic E-state index is 0.0781. The lowest BCUT2D eigenvalue weighted by atomic mass is 9.99. The van der Waals surface area contributed by atoms with Gasteiger partial charge in [-0.1, -0.05) is 6.07 Å². The molecule has 0 aliphatic carbocycles. The summed E-state index contributed by atoms with van der Waals surface area (Å²) in [6.07, 6.45) is 4.68. The highest BCUT2D eigenvalue weighted by molar-refractivity contribution is 5.94. The van der Waals surface area contributed by atoms with Gasteiger partial charge < -0.3 is 10.6 Å². The summed E-state index contributed by atoms with van der Waals surface area (Å²) in [5.74, 6) is 0.0781. The summed E-state index contributed by atoms with van der Waals surface area (Å²) < 4.78 is 0. The number of piperidine rings is 1. The van der Waals surface area contributed by atoms with E-state index in [1.165, 1.54) is 24.0 Å². The molecular formula is C16H22N2O. The summed E-state index contributed by atoms with van der Waals surface area (Å²) >= 11 is 0. The molecule has 0 aromatic heterocycles. The quantitative estimate of drug-likeness (QED) is 0.854. The summed E-state index contributed by atoms with van der Waals surface area (Å²) in [6, 6.07) is 7.50. The average molecular weight is 258 g/mol. The van der Waals surface area contributed by atoms with Crippen LogP contribution in [0.3, 0.4) is 0 Å². The molecule has 2 aliphatic rings. The van der Waals surface area contributed by atoms with Gasteiger partial charge in [-0.3, -0.25) is 4.79 Å². The van der Waals surface area contributed by atoms with E-state index in [9.17, 15) is 4.79 Å². The van der Waals surface area contributed by atoms with E-state index >= 15 is 0 Å². The number of hydrogen-bond donors (Lipinski definition) is 2. The first-order chi connectivity index (χ1) is 9.11. The van der Waals surface area contributed by atoms with E-state index in [0.29, 0.717) is 18.1 Å². The molecule has 0 saturated carbocycles. The van der Waals surface area contributed by atoms with E-state index in [2.05, 4.69) is 24.5 Å². The van der Waals surface area contributed by atoms with E-state index in [4.69, 9.17) is 0 Å². The minimum Gasteiger partial charge on any atom is -0.349 e. The smallest absolute Gasteiger partial charge is 0.251 e. The molecule has 1 aromatic carbocycles. The number of carbonyl (C=O) groups excluding carboxylic acids is 1. The second kappa shape index (κ2) is 4.97. The van der Waals surface area contributed by atoms with Crippen molar-refractivity contribution in [3.05, 3.63) is 34.9 Å². The molecule has 2 N–H and O–H groups in total. The van der Waals surface area contributed by atoms with Crippen molar-refractivity contribution in [2.45, 2.75) is 57.7 Å². The van der Waals surface area contributed by atoms with Crippen LogP contribution < -0.4 is 10.6 Å². The Morgan fingerprint density at radius 2 is 1.84 bits per heavy atom. The van der Waals surface area contributed by atoms with Gasteiger partial charge in [0.15, 0.2) is 0 Å². The van der Waals surface area contributed by atoms with Crippen LogP contribution in [-0.4, -0.2) is 24.0 Å². The molecule has 0 spiro atoms.